The van der Waals surface area contributed by atoms with Gasteiger partial charge in [-0.3, -0.25) is 0 Å². The SMILES string of the molecule is CCNCC/C=C(/C)c1ccc(F)c(C(F)(F)F)c1. The summed E-state index contributed by atoms with van der Waals surface area (Å²) in [4.78, 5) is 0. The highest BCUT2D eigenvalue weighted by Crippen LogP contribution is 2.33. The number of alkyl halides is 3. The molecule has 0 saturated heterocycles. The van der Waals surface area contributed by atoms with Crippen LogP contribution in [-0.2, 0) is 6.18 Å². The van der Waals surface area contributed by atoms with Crippen molar-refractivity contribution in [2.45, 2.75) is 26.4 Å². The van der Waals surface area contributed by atoms with Gasteiger partial charge in [-0.15, -0.1) is 0 Å². The summed E-state index contributed by atoms with van der Waals surface area (Å²) >= 11 is 0. The van der Waals surface area contributed by atoms with Crippen LogP contribution >= 0.6 is 0 Å². The molecule has 0 saturated carbocycles. The minimum atomic E-state index is -4.66. The van der Waals surface area contributed by atoms with Crippen molar-refractivity contribution in [2.75, 3.05) is 13.1 Å². The second-order valence-electron chi connectivity index (χ2n) is 4.22. The summed E-state index contributed by atoms with van der Waals surface area (Å²) in [5.74, 6) is -1.24. The number of rotatable bonds is 5. The number of benzene rings is 1. The van der Waals surface area contributed by atoms with Gasteiger partial charge >= 0.3 is 6.18 Å². The normalized spacial score (nSPS) is 12.8. The molecule has 0 radical (unpaired) electrons. The fraction of sp³-hybridized carbons (Fsp3) is 0.429. The Labute approximate surface area is 110 Å². The molecule has 5 heteroatoms. The summed E-state index contributed by atoms with van der Waals surface area (Å²) in [6.45, 7) is 5.31. The van der Waals surface area contributed by atoms with Crippen molar-refractivity contribution in [2.24, 2.45) is 0 Å². The van der Waals surface area contributed by atoms with Gasteiger partial charge in [0, 0.05) is 0 Å². The first kappa shape index (κ1) is 15.7. The molecule has 0 unspecified atom stereocenters. The molecule has 1 aromatic rings. The first-order chi connectivity index (χ1) is 8.86. The maximum Gasteiger partial charge on any atom is 0.419 e. The molecule has 0 atom stereocenters. The summed E-state index contributed by atoms with van der Waals surface area (Å²) < 4.78 is 50.9. The van der Waals surface area contributed by atoms with Crippen molar-refractivity contribution in [3.8, 4) is 0 Å². The molecule has 0 amide bonds. The van der Waals surface area contributed by atoms with E-state index in [1.54, 1.807) is 6.92 Å². The molecule has 0 fully saturated rings. The lowest BCUT2D eigenvalue weighted by atomic mass is 10.0. The minimum Gasteiger partial charge on any atom is -0.317 e. The average Bonchev–Trinajstić information content (AvgIpc) is 2.33. The molecular formula is C14H17F4N. The van der Waals surface area contributed by atoms with Crippen LogP contribution in [0.3, 0.4) is 0 Å². The summed E-state index contributed by atoms with van der Waals surface area (Å²) in [6.07, 6.45) is -2.10. The zero-order valence-electron chi connectivity index (χ0n) is 10.9. The number of halogens is 4. The third-order valence-electron chi connectivity index (χ3n) is 2.75. The van der Waals surface area contributed by atoms with E-state index in [-0.39, 0.29) is 0 Å². The van der Waals surface area contributed by atoms with E-state index in [4.69, 9.17) is 0 Å². The van der Waals surface area contributed by atoms with Crippen molar-refractivity contribution >= 4 is 5.57 Å². The van der Waals surface area contributed by atoms with Crippen molar-refractivity contribution in [3.05, 3.63) is 41.2 Å². The Morgan fingerprint density at radius 1 is 1.32 bits per heavy atom. The second-order valence-corrected chi connectivity index (χ2v) is 4.22. The summed E-state index contributed by atoms with van der Waals surface area (Å²) in [7, 11) is 0. The lowest BCUT2D eigenvalue weighted by molar-refractivity contribution is -0.140. The Hall–Kier alpha value is -1.36. The lowest BCUT2D eigenvalue weighted by Crippen LogP contribution is -2.13. The third-order valence-corrected chi connectivity index (χ3v) is 2.75. The van der Waals surface area contributed by atoms with Crippen LogP contribution in [0.1, 0.15) is 31.4 Å². The predicted molar refractivity (Wildman–Crippen MR) is 68.2 cm³/mol. The molecule has 0 spiro atoms. The molecule has 1 aromatic carbocycles. The minimum absolute atomic E-state index is 0.394. The Morgan fingerprint density at radius 2 is 2.00 bits per heavy atom. The summed E-state index contributed by atoms with van der Waals surface area (Å²) in [5.41, 5.74) is -0.113. The highest BCUT2D eigenvalue weighted by atomic mass is 19.4. The quantitative estimate of drug-likeness (QED) is 0.626. The molecule has 1 N–H and O–H groups in total. The molecule has 0 heterocycles. The maximum atomic E-state index is 13.1. The fourth-order valence-electron chi connectivity index (χ4n) is 1.67. The van der Waals surface area contributed by atoms with Gasteiger partial charge in [0.15, 0.2) is 0 Å². The molecule has 0 aliphatic rings. The van der Waals surface area contributed by atoms with Crippen LogP contribution in [0.15, 0.2) is 24.3 Å². The zero-order valence-corrected chi connectivity index (χ0v) is 10.9. The Balaban J connectivity index is 2.90. The second kappa shape index (κ2) is 6.70. The van der Waals surface area contributed by atoms with Gasteiger partial charge in [0.2, 0.25) is 0 Å². The van der Waals surface area contributed by atoms with Gasteiger partial charge in [0.1, 0.15) is 5.82 Å². The van der Waals surface area contributed by atoms with Crippen LogP contribution in [0, 0.1) is 5.82 Å². The van der Waals surface area contributed by atoms with Crippen molar-refractivity contribution in [1.29, 1.82) is 0 Å². The van der Waals surface area contributed by atoms with E-state index in [0.29, 0.717) is 11.1 Å². The average molecular weight is 275 g/mol. The summed E-state index contributed by atoms with van der Waals surface area (Å²) in [6, 6.07) is 3.08. The van der Waals surface area contributed by atoms with Crippen LogP contribution in [0.5, 0.6) is 0 Å². The molecular weight excluding hydrogens is 258 g/mol. The molecule has 19 heavy (non-hydrogen) atoms. The Bertz CT molecular complexity index is 449. The molecule has 0 aromatic heterocycles. The van der Waals surface area contributed by atoms with Gasteiger partial charge < -0.3 is 5.32 Å². The van der Waals surface area contributed by atoms with Crippen molar-refractivity contribution in [3.63, 3.8) is 0 Å². The van der Waals surface area contributed by atoms with Crippen LogP contribution in [0.4, 0.5) is 17.6 Å². The van der Waals surface area contributed by atoms with E-state index < -0.39 is 17.6 Å². The molecule has 106 valence electrons. The van der Waals surface area contributed by atoms with Gasteiger partial charge in [-0.2, -0.15) is 13.2 Å². The van der Waals surface area contributed by atoms with Crippen LogP contribution in [0.2, 0.25) is 0 Å². The van der Waals surface area contributed by atoms with Crippen molar-refractivity contribution < 1.29 is 17.6 Å². The first-order valence-corrected chi connectivity index (χ1v) is 6.11. The van der Waals surface area contributed by atoms with E-state index >= 15 is 0 Å². The molecule has 1 nitrogen and oxygen atoms in total. The molecule has 0 aliphatic heterocycles. The Kier molecular flexibility index (Phi) is 5.54. The standard InChI is InChI=1S/C14H17F4N/c1-3-19-8-4-5-10(2)11-6-7-13(15)12(9-11)14(16,17)18/h5-7,9,19H,3-4,8H2,1-2H3/b10-5-. The van der Waals surface area contributed by atoms with Crippen molar-refractivity contribution in [1.82, 2.24) is 5.32 Å². The van der Waals surface area contributed by atoms with E-state index in [0.717, 1.165) is 31.6 Å². The van der Waals surface area contributed by atoms with Gasteiger partial charge in [0.05, 0.1) is 5.56 Å². The number of hydrogen-bond acceptors (Lipinski definition) is 1. The maximum absolute atomic E-state index is 13.1. The topological polar surface area (TPSA) is 12.0 Å². The smallest absolute Gasteiger partial charge is 0.317 e. The molecule has 0 bridgehead atoms. The van der Waals surface area contributed by atoms with E-state index in [1.807, 2.05) is 13.0 Å². The molecule has 0 aliphatic carbocycles. The van der Waals surface area contributed by atoms with Gasteiger partial charge in [-0.05, 0) is 49.7 Å². The number of hydrogen-bond donors (Lipinski definition) is 1. The van der Waals surface area contributed by atoms with Crippen LogP contribution < -0.4 is 5.32 Å². The van der Waals surface area contributed by atoms with E-state index in [9.17, 15) is 17.6 Å². The van der Waals surface area contributed by atoms with Crippen LogP contribution in [-0.4, -0.2) is 13.1 Å². The van der Waals surface area contributed by atoms with Gasteiger partial charge in [-0.1, -0.05) is 19.1 Å². The van der Waals surface area contributed by atoms with E-state index in [2.05, 4.69) is 5.32 Å². The predicted octanol–water partition coefficient (Wildman–Crippen LogP) is 4.25. The van der Waals surface area contributed by atoms with Gasteiger partial charge in [-0.25, -0.2) is 4.39 Å². The fourth-order valence-corrected chi connectivity index (χ4v) is 1.67. The third kappa shape index (κ3) is 4.67. The zero-order chi connectivity index (χ0) is 14.5. The largest absolute Gasteiger partial charge is 0.419 e. The first-order valence-electron chi connectivity index (χ1n) is 6.11. The Morgan fingerprint density at radius 3 is 2.58 bits per heavy atom. The molecule has 1 rings (SSSR count). The monoisotopic (exact) mass is 275 g/mol. The highest BCUT2D eigenvalue weighted by molar-refractivity contribution is 5.64. The summed E-state index contributed by atoms with van der Waals surface area (Å²) in [5, 5.41) is 3.12. The van der Waals surface area contributed by atoms with E-state index in [1.165, 1.54) is 6.07 Å². The highest BCUT2D eigenvalue weighted by Gasteiger charge is 2.34. The number of allylic oxidation sites excluding steroid dienone is 1. The van der Waals surface area contributed by atoms with Gasteiger partial charge in [0.25, 0.3) is 0 Å². The lowest BCUT2D eigenvalue weighted by Gasteiger charge is -2.10. The van der Waals surface area contributed by atoms with Crippen LogP contribution in [0.25, 0.3) is 5.57 Å². The number of nitrogens with one attached hydrogen (secondary N) is 1.